The molecule has 0 amide bonds. The number of aryl methyl sites for hydroxylation is 3. The summed E-state index contributed by atoms with van der Waals surface area (Å²) < 4.78 is 4.80. The molecule has 5 nitrogen and oxygen atoms in total. The minimum Gasteiger partial charge on any atom is -0.309 e. The number of rotatable bonds is 6. The third kappa shape index (κ3) is 5.81. The highest BCUT2D eigenvalue weighted by Crippen LogP contribution is 2.42. The van der Waals surface area contributed by atoms with Gasteiger partial charge < -0.3 is 9.13 Å². The summed E-state index contributed by atoms with van der Waals surface area (Å²) in [5.41, 5.74) is 15.6. The molecule has 0 bridgehead atoms. The molecule has 0 fully saturated rings. The van der Waals surface area contributed by atoms with Crippen molar-refractivity contribution in [2.45, 2.75) is 20.8 Å². The molecule has 0 aliphatic heterocycles. The molecule has 0 unspecified atom stereocenters. The van der Waals surface area contributed by atoms with Crippen LogP contribution in [0.5, 0.6) is 0 Å². The van der Waals surface area contributed by atoms with Crippen LogP contribution < -0.4 is 0 Å². The molecule has 0 spiro atoms. The van der Waals surface area contributed by atoms with Crippen molar-refractivity contribution < 1.29 is 0 Å². The number of para-hydroxylation sites is 3. The van der Waals surface area contributed by atoms with E-state index in [1.807, 2.05) is 0 Å². The number of nitrogens with zero attached hydrogens (tertiary/aromatic N) is 5. The van der Waals surface area contributed by atoms with Crippen molar-refractivity contribution in [1.29, 1.82) is 0 Å². The van der Waals surface area contributed by atoms with Crippen LogP contribution in [0.1, 0.15) is 16.7 Å². The van der Waals surface area contributed by atoms with Crippen molar-refractivity contribution in [1.82, 2.24) is 24.1 Å². The first-order valence-electron chi connectivity index (χ1n) is 20.1. The third-order valence-electron chi connectivity index (χ3n) is 11.7. The summed E-state index contributed by atoms with van der Waals surface area (Å²) in [6.07, 6.45) is 0. The molecule has 3 aromatic heterocycles. The van der Waals surface area contributed by atoms with Gasteiger partial charge in [-0.25, -0.2) is 15.0 Å². The molecular weight excluding hydrogens is 719 g/mol. The van der Waals surface area contributed by atoms with Crippen molar-refractivity contribution in [3.63, 3.8) is 0 Å². The van der Waals surface area contributed by atoms with Crippen molar-refractivity contribution in [3.8, 4) is 56.7 Å². The molecule has 0 aliphatic carbocycles. The van der Waals surface area contributed by atoms with Gasteiger partial charge in [-0.1, -0.05) is 139 Å². The van der Waals surface area contributed by atoms with E-state index in [-0.39, 0.29) is 0 Å². The number of fused-ring (bicyclic) bond motifs is 6. The van der Waals surface area contributed by atoms with Crippen molar-refractivity contribution in [3.05, 3.63) is 199 Å². The molecule has 8 aromatic carbocycles. The van der Waals surface area contributed by atoms with E-state index < -0.39 is 0 Å². The summed E-state index contributed by atoms with van der Waals surface area (Å²) in [5, 5.41) is 4.88. The molecule has 0 aliphatic rings. The molecule has 280 valence electrons. The second-order valence-electron chi connectivity index (χ2n) is 15.5. The second kappa shape index (κ2) is 13.8. The third-order valence-corrected chi connectivity index (χ3v) is 11.7. The van der Waals surface area contributed by atoms with Gasteiger partial charge in [0.15, 0.2) is 17.5 Å². The average molecular weight is 758 g/mol. The topological polar surface area (TPSA) is 48.5 Å². The van der Waals surface area contributed by atoms with Crippen molar-refractivity contribution >= 4 is 43.6 Å². The normalized spacial score (nSPS) is 11.6. The Morgan fingerprint density at radius 2 is 0.847 bits per heavy atom. The maximum Gasteiger partial charge on any atom is 0.164 e. The average Bonchev–Trinajstić information content (AvgIpc) is 3.80. The Morgan fingerprint density at radius 1 is 0.339 bits per heavy atom. The van der Waals surface area contributed by atoms with Gasteiger partial charge in [-0.3, -0.25) is 0 Å². The van der Waals surface area contributed by atoms with Gasteiger partial charge in [0.25, 0.3) is 0 Å². The van der Waals surface area contributed by atoms with Crippen LogP contribution in [0, 0.1) is 20.8 Å². The zero-order valence-electron chi connectivity index (χ0n) is 33.1. The standard InChI is InChI=1S/C54H39N5/c1-34-20-25-37(26-21-34)52-55-53(38-27-22-35(2)23-28-38)57-54(56-52)39-29-24-36(3)45(32-39)44-16-11-19-50-51(44)46-33-41(30-31-49(46)58(50)40-12-5-4-6-13-40)59-47-17-9-7-14-42(47)43-15-8-10-18-48(43)59/h4-33H,1-3H3. The quantitative estimate of drug-likeness (QED) is 0.170. The molecule has 3 heterocycles. The first kappa shape index (κ1) is 34.6. The van der Waals surface area contributed by atoms with Crippen LogP contribution in [0.15, 0.2) is 182 Å². The van der Waals surface area contributed by atoms with Crippen molar-refractivity contribution in [2.75, 3.05) is 0 Å². The largest absolute Gasteiger partial charge is 0.309 e. The van der Waals surface area contributed by atoms with Crippen molar-refractivity contribution in [2.24, 2.45) is 0 Å². The van der Waals surface area contributed by atoms with E-state index in [0.29, 0.717) is 17.5 Å². The van der Waals surface area contributed by atoms with Crippen LogP contribution in [-0.2, 0) is 0 Å². The fourth-order valence-corrected chi connectivity index (χ4v) is 8.70. The molecule has 0 saturated heterocycles. The minimum absolute atomic E-state index is 0.639. The van der Waals surface area contributed by atoms with Crippen LogP contribution >= 0.6 is 0 Å². The first-order chi connectivity index (χ1) is 29.0. The summed E-state index contributed by atoms with van der Waals surface area (Å²) in [6.45, 7) is 6.38. The molecule has 11 rings (SSSR count). The van der Waals surface area contributed by atoms with Crippen LogP contribution in [0.2, 0.25) is 0 Å². The van der Waals surface area contributed by atoms with Gasteiger partial charge in [0.2, 0.25) is 0 Å². The molecule has 0 saturated carbocycles. The summed E-state index contributed by atoms with van der Waals surface area (Å²) in [7, 11) is 0. The van der Waals surface area contributed by atoms with E-state index >= 15 is 0 Å². The summed E-state index contributed by atoms with van der Waals surface area (Å²) in [6, 6.07) is 65.1. The van der Waals surface area contributed by atoms with Crippen LogP contribution in [-0.4, -0.2) is 24.1 Å². The highest BCUT2D eigenvalue weighted by atomic mass is 15.0. The lowest BCUT2D eigenvalue weighted by Gasteiger charge is -2.13. The molecule has 5 heteroatoms. The maximum absolute atomic E-state index is 5.13. The number of hydrogen-bond acceptors (Lipinski definition) is 3. The minimum atomic E-state index is 0.639. The lowest BCUT2D eigenvalue weighted by molar-refractivity contribution is 1.07. The van der Waals surface area contributed by atoms with Gasteiger partial charge in [0, 0.05) is 49.6 Å². The Balaban J connectivity index is 1.15. The zero-order chi connectivity index (χ0) is 39.6. The highest BCUT2D eigenvalue weighted by Gasteiger charge is 2.21. The lowest BCUT2D eigenvalue weighted by Crippen LogP contribution is -2.00. The highest BCUT2D eigenvalue weighted by molar-refractivity contribution is 6.17. The summed E-state index contributed by atoms with van der Waals surface area (Å²) in [4.78, 5) is 15.3. The van der Waals surface area contributed by atoms with E-state index in [1.165, 1.54) is 49.3 Å². The molecule has 0 atom stereocenters. The maximum atomic E-state index is 5.13. The SMILES string of the molecule is Cc1ccc(-c2nc(-c3ccc(C)cc3)nc(-c3ccc(C)c(-c4cccc5c4c4cc(-n6c7ccccc7c7ccccc76)ccc4n5-c4ccccc4)c3)n2)cc1. The van der Waals surface area contributed by atoms with Crippen LogP contribution in [0.4, 0.5) is 0 Å². The monoisotopic (exact) mass is 757 g/mol. The number of hydrogen-bond donors (Lipinski definition) is 0. The van der Waals surface area contributed by atoms with E-state index in [9.17, 15) is 0 Å². The van der Waals surface area contributed by atoms with E-state index in [2.05, 4.69) is 212 Å². The molecule has 11 aromatic rings. The Morgan fingerprint density at radius 3 is 1.47 bits per heavy atom. The Kier molecular flexibility index (Phi) is 8.09. The van der Waals surface area contributed by atoms with E-state index in [0.717, 1.165) is 50.2 Å². The molecule has 0 radical (unpaired) electrons. The summed E-state index contributed by atoms with van der Waals surface area (Å²) in [5.74, 6) is 1.94. The van der Waals surface area contributed by atoms with E-state index in [4.69, 9.17) is 15.0 Å². The second-order valence-corrected chi connectivity index (χ2v) is 15.5. The molecule has 0 N–H and O–H groups in total. The Hall–Kier alpha value is -7.63. The Labute approximate surface area is 342 Å². The van der Waals surface area contributed by atoms with Gasteiger partial charge in [-0.05, 0) is 92.1 Å². The number of aromatic nitrogens is 5. The number of benzene rings is 8. The van der Waals surface area contributed by atoms with Crippen LogP contribution in [0.25, 0.3) is 100 Å². The van der Waals surface area contributed by atoms with Gasteiger partial charge >= 0.3 is 0 Å². The van der Waals surface area contributed by atoms with Gasteiger partial charge in [-0.2, -0.15) is 0 Å². The summed E-state index contributed by atoms with van der Waals surface area (Å²) >= 11 is 0. The lowest BCUT2D eigenvalue weighted by atomic mass is 9.94. The fourth-order valence-electron chi connectivity index (χ4n) is 8.70. The smallest absolute Gasteiger partial charge is 0.164 e. The van der Waals surface area contributed by atoms with Gasteiger partial charge in [0.05, 0.1) is 22.1 Å². The predicted molar refractivity (Wildman–Crippen MR) is 244 cm³/mol. The van der Waals surface area contributed by atoms with Crippen LogP contribution in [0.3, 0.4) is 0 Å². The molecular formula is C54H39N5. The van der Waals surface area contributed by atoms with Gasteiger partial charge in [0.1, 0.15) is 0 Å². The molecule has 59 heavy (non-hydrogen) atoms. The Bertz CT molecular complexity index is 3270. The fraction of sp³-hybridized carbons (Fsp3) is 0.0556. The zero-order valence-corrected chi connectivity index (χ0v) is 33.1. The van der Waals surface area contributed by atoms with E-state index in [1.54, 1.807) is 0 Å². The first-order valence-corrected chi connectivity index (χ1v) is 20.1. The van der Waals surface area contributed by atoms with Gasteiger partial charge in [-0.15, -0.1) is 0 Å². The predicted octanol–water partition coefficient (Wildman–Crippen LogP) is 13.7.